The van der Waals surface area contributed by atoms with Crippen LogP contribution < -0.4 is 0 Å². The average Bonchev–Trinajstić information content (AvgIpc) is 2.25. The minimum Gasteiger partial charge on any atom is -0.0922 e. The van der Waals surface area contributed by atoms with Gasteiger partial charge >= 0.3 is 0 Å². The van der Waals surface area contributed by atoms with Crippen molar-refractivity contribution in [2.75, 3.05) is 10.7 Å². The molecule has 0 aliphatic heterocycles. The van der Waals surface area contributed by atoms with Gasteiger partial charge in [0.15, 0.2) is 0 Å². The number of alkyl halides is 2. The highest BCUT2D eigenvalue weighted by molar-refractivity contribution is 9.09. The first-order chi connectivity index (χ1) is 7.02. The molecule has 1 aromatic rings. The van der Waals surface area contributed by atoms with Crippen LogP contribution in [0.2, 0.25) is 10.0 Å². The summed E-state index contributed by atoms with van der Waals surface area (Å²) in [7, 11) is 0. The van der Waals surface area contributed by atoms with Gasteiger partial charge in [-0.25, -0.2) is 0 Å². The Labute approximate surface area is 118 Å². The minimum atomic E-state index is 0.161. The fourth-order valence-corrected chi connectivity index (χ4v) is 2.99. The smallest absolute Gasteiger partial charge is 0.0624 e. The largest absolute Gasteiger partial charge is 0.0922 e. The summed E-state index contributed by atoms with van der Waals surface area (Å²) < 4.78 is 0. The zero-order chi connectivity index (χ0) is 11.5. The van der Waals surface area contributed by atoms with E-state index in [0.717, 1.165) is 22.6 Å². The van der Waals surface area contributed by atoms with Crippen molar-refractivity contribution in [3.63, 3.8) is 0 Å². The van der Waals surface area contributed by atoms with Gasteiger partial charge in [0.05, 0.1) is 10.0 Å². The molecule has 1 rings (SSSR count). The molecular formula is C11H12Br2Cl2. The summed E-state index contributed by atoms with van der Waals surface area (Å²) in [5, 5.41) is 3.15. The molecule has 0 bridgehead atoms. The standard InChI is InChI=1S/C11H12Br2Cl2/c1-11(6-12,7-13)5-8-3-2-4-9(14)10(8)15/h2-4H,5-7H2,1H3. The second-order valence-electron chi connectivity index (χ2n) is 3.97. The molecule has 0 unspecified atom stereocenters. The minimum absolute atomic E-state index is 0.161. The molecule has 0 radical (unpaired) electrons. The van der Waals surface area contributed by atoms with E-state index in [-0.39, 0.29) is 5.41 Å². The van der Waals surface area contributed by atoms with E-state index in [1.54, 1.807) is 0 Å². The van der Waals surface area contributed by atoms with Crippen LogP contribution in [0.15, 0.2) is 18.2 Å². The second-order valence-corrected chi connectivity index (χ2v) is 5.87. The van der Waals surface area contributed by atoms with Crippen molar-refractivity contribution in [1.82, 2.24) is 0 Å². The molecule has 1 aromatic carbocycles. The van der Waals surface area contributed by atoms with Gasteiger partial charge < -0.3 is 0 Å². The molecular weight excluding hydrogens is 363 g/mol. The van der Waals surface area contributed by atoms with E-state index in [9.17, 15) is 0 Å². The fraction of sp³-hybridized carbons (Fsp3) is 0.455. The quantitative estimate of drug-likeness (QED) is 0.624. The van der Waals surface area contributed by atoms with E-state index in [4.69, 9.17) is 23.2 Å². The molecule has 0 spiro atoms. The number of rotatable bonds is 4. The van der Waals surface area contributed by atoms with Crippen molar-refractivity contribution < 1.29 is 0 Å². The highest BCUT2D eigenvalue weighted by atomic mass is 79.9. The van der Waals surface area contributed by atoms with E-state index in [0.29, 0.717) is 10.0 Å². The molecule has 0 amide bonds. The molecule has 84 valence electrons. The third-order valence-corrected chi connectivity index (χ3v) is 5.86. The normalized spacial score (nSPS) is 11.8. The van der Waals surface area contributed by atoms with Crippen molar-refractivity contribution in [2.45, 2.75) is 13.3 Å². The molecule has 0 N–H and O–H groups in total. The Balaban J connectivity index is 2.94. The SMILES string of the molecule is CC(CBr)(CBr)Cc1cccc(Cl)c1Cl. The molecule has 0 aliphatic carbocycles. The molecule has 0 aromatic heterocycles. The highest BCUT2D eigenvalue weighted by Crippen LogP contribution is 2.33. The van der Waals surface area contributed by atoms with Gasteiger partial charge in [0.2, 0.25) is 0 Å². The molecule has 0 atom stereocenters. The lowest BCUT2D eigenvalue weighted by Crippen LogP contribution is -2.23. The van der Waals surface area contributed by atoms with Crippen LogP contribution in [0.1, 0.15) is 12.5 Å². The second kappa shape index (κ2) is 5.90. The summed E-state index contributed by atoms with van der Waals surface area (Å²) in [5.74, 6) is 0. The third-order valence-electron chi connectivity index (χ3n) is 2.29. The molecule has 4 heteroatoms. The molecule has 0 aliphatic rings. The van der Waals surface area contributed by atoms with Crippen LogP contribution in [0.5, 0.6) is 0 Å². The summed E-state index contributed by atoms with van der Waals surface area (Å²) in [6.45, 7) is 2.20. The first-order valence-electron chi connectivity index (χ1n) is 4.57. The Morgan fingerprint density at radius 2 is 1.80 bits per heavy atom. The number of halogens is 4. The lowest BCUT2D eigenvalue weighted by atomic mass is 9.88. The monoisotopic (exact) mass is 372 g/mol. The van der Waals surface area contributed by atoms with Gasteiger partial charge in [-0.15, -0.1) is 0 Å². The Morgan fingerprint density at radius 1 is 1.20 bits per heavy atom. The van der Waals surface area contributed by atoms with Gasteiger partial charge in [-0.2, -0.15) is 0 Å². The number of benzene rings is 1. The maximum absolute atomic E-state index is 6.15. The van der Waals surface area contributed by atoms with E-state index in [1.165, 1.54) is 0 Å². The van der Waals surface area contributed by atoms with E-state index in [1.807, 2.05) is 18.2 Å². The first kappa shape index (κ1) is 13.8. The number of hydrogen-bond donors (Lipinski definition) is 0. The van der Waals surface area contributed by atoms with Crippen LogP contribution in [0, 0.1) is 5.41 Å². The summed E-state index contributed by atoms with van der Waals surface area (Å²) in [6.07, 6.45) is 0.906. The molecule has 0 saturated carbocycles. The molecule has 15 heavy (non-hydrogen) atoms. The molecule has 0 heterocycles. The Morgan fingerprint density at radius 3 is 2.33 bits per heavy atom. The molecule has 0 nitrogen and oxygen atoms in total. The zero-order valence-corrected chi connectivity index (χ0v) is 13.0. The van der Waals surface area contributed by atoms with Crippen LogP contribution in [0.4, 0.5) is 0 Å². The highest BCUT2D eigenvalue weighted by Gasteiger charge is 2.23. The van der Waals surface area contributed by atoms with Crippen LogP contribution in [0.25, 0.3) is 0 Å². The van der Waals surface area contributed by atoms with Crippen molar-refractivity contribution in [3.8, 4) is 0 Å². The maximum atomic E-state index is 6.15. The van der Waals surface area contributed by atoms with Crippen LogP contribution in [-0.4, -0.2) is 10.7 Å². The average molecular weight is 375 g/mol. The van der Waals surface area contributed by atoms with Gasteiger partial charge in [0, 0.05) is 10.7 Å². The lowest BCUT2D eigenvalue weighted by molar-refractivity contribution is 0.439. The van der Waals surface area contributed by atoms with Crippen molar-refractivity contribution in [2.24, 2.45) is 5.41 Å². The molecule has 0 fully saturated rings. The topological polar surface area (TPSA) is 0 Å². The summed E-state index contributed by atoms with van der Waals surface area (Å²) in [4.78, 5) is 0. The van der Waals surface area contributed by atoms with Crippen LogP contribution in [0.3, 0.4) is 0 Å². The summed E-state index contributed by atoms with van der Waals surface area (Å²) >= 11 is 19.2. The Kier molecular flexibility index (Phi) is 5.44. The summed E-state index contributed by atoms with van der Waals surface area (Å²) in [5.41, 5.74) is 1.26. The predicted molar refractivity (Wildman–Crippen MR) is 75.9 cm³/mol. The van der Waals surface area contributed by atoms with Gasteiger partial charge in [-0.3, -0.25) is 0 Å². The van der Waals surface area contributed by atoms with Gasteiger partial charge in [0.25, 0.3) is 0 Å². The van der Waals surface area contributed by atoms with E-state index in [2.05, 4.69) is 38.8 Å². The number of hydrogen-bond acceptors (Lipinski definition) is 0. The predicted octanol–water partition coefficient (Wildman–Crippen LogP) is 5.33. The van der Waals surface area contributed by atoms with Gasteiger partial charge in [0.1, 0.15) is 0 Å². The van der Waals surface area contributed by atoms with Gasteiger partial charge in [-0.1, -0.05) is 74.1 Å². The summed E-state index contributed by atoms with van der Waals surface area (Å²) in [6, 6.07) is 5.78. The fourth-order valence-electron chi connectivity index (χ4n) is 1.27. The Bertz CT molecular complexity index is 335. The van der Waals surface area contributed by atoms with Crippen molar-refractivity contribution in [1.29, 1.82) is 0 Å². The Hall–Kier alpha value is 0.760. The van der Waals surface area contributed by atoms with E-state index < -0.39 is 0 Å². The first-order valence-corrected chi connectivity index (χ1v) is 7.57. The van der Waals surface area contributed by atoms with Crippen molar-refractivity contribution in [3.05, 3.63) is 33.8 Å². The molecule has 0 saturated heterocycles. The third kappa shape index (κ3) is 3.62. The van der Waals surface area contributed by atoms with Crippen molar-refractivity contribution >= 4 is 55.1 Å². The zero-order valence-electron chi connectivity index (χ0n) is 8.37. The van der Waals surface area contributed by atoms with Gasteiger partial charge in [-0.05, 0) is 23.5 Å². The maximum Gasteiger partial charge on any atom is 0.0624 e. The lowest BCUT2D eigenvalue weighted by Gasteiger charge is -2.25. The van der Waals surface area contributed by atoms with Crippen LogP contribution in [-0.2, 0) is 6.42 Å². The van der Waals surface area contributed by atoms with E-state index >= 15 is 0 Å². The van der Waals surface area contributed by atoms with Crippen LogP contribution >= 0.6 is 55.1 Å².